The fourth-order valence-electron chi connectivity index (χ4n) is 1.05. The van der Waals surface area contributed by atoms with Gasteiger partial charge in [-0.1, -0.05) is 52.1 Å². The average molecular weight is 251 g/mol. The highest BCUT2D eigenvalue weighted by molar-refractivity contribution is 6.73. The maximum atomic E-state index is 11.7. The van der Waals surface area contributed by atoms with E-state index in [9.17, 15) is 5.21 Å². The van der Waals surface area contributed by atoms with Crippen molar-refractivity contribution in [2.75, 3.05) is 0 Å². The van der Waals surface area contributed by atoms with Crippen molar-refractivity contribution in [2.45, 2.75) is 38.9 Å². The van der Waals surface area contributed by atoms with E-state index < -0.39 is 8.32 Å². The van der Waals surface area contributed by atoms with Gasteiger partial charge in [0.05, 0.1) is 0 Å². The lowest BCUT2D eigenvalue weighted by Crippen LogP contribution is -2.43. The van der Waals surface area contributed by atoms with Gasteiger partial charge in [0.15, 0.2) is 8.32 Å². The maximum Gasteiger partial charge on any atom is 0.239 e. The third-order valence-corrected chi connectivity index (χ3v) is 7.43. The first-order valence-corrected chi connectivity index (χ1v) is 8.69. The Labute approximate surface area is 104 Å². The minimum atomic E-state index is -2.04. The van der Waals surface area contributed by atoms with Crippen LogP contribution in [0.2, 0.25) is 18.1 Å². The van der Waals surface area contributed by atoms with Gasteiger partial charge in [0.25, 0.3) is 0 Å². The van der Waals surface area contributed by atoms with Crippen molar-refractivity contribution in [3.63, 3.8) is 0 Å². The molecule has 0 unspecified atom stereocenters. The predicted molar refractivity (Wildman–Crippen MR) is 73.5 cm³/mol. The van der Waals surface area contributed by atoms with E-state index in [1.54, 1.807) is 0 Å². The second kappa shape index (κ2) is 4.92. The summed E-state index contributed by atoms with van der Waals surface area (Å²) in [7, 11) is -2.04. The second-order valence-corrected chi connectivity index (χ2v) is 10.4. The van der Waals surface area contributed by atoms with Crippen LogP contribution in [0.3, 0.4) is 0 Å². The highest BCUT2D eigenvalue weighted by atomic mass is 28.4. The molecular weight excluding hydrogens is 230 g/mol. The molecule has 1 aromatic carbocycles. The summed E-state index contributed by atoms with van der Waals surface area (Å²) in [6, 6.07) is 9.46. The zero-order valence-electron chi connectivity index (χ0n) is 11.2. The Bertz CT molecular complexity index is 394. The molecule has 0 spiro atoms. The minimum absolute atomic E-state index is 0.0280. The molecule has 0 atom stereocenters. The van der Waals surface area contributed by atoms with E-state index in [0.29, 0.717) is 4.90 Å². The Morgan fingerprint density at radius 1 is 1.18 bits per heavy atom. The lowest BCUT2D eigenvalue weighted by Gasteiger charge is -2.37. The Morgan fingerprint density at radius 2 is 1.71 bits per heavy atom. The number of rotatable bonds is 3. The first-order chi connectivity index (χ1) is 7.72. The van der Waals surface area contributed by atoms with Gasteiger partial charge >= 0.3 is 0 Å². The molecule has 3 nitrogen and oxygen atoms in total. The molecular formula is C13H21NO2Si. The molecule has 0 amide bonds. The fraction of sp³-hybridized carbons (Fsp3) is 0.462. The summed E-state index contributed by atoms with van der Waals surface area (Å²) >= 11 is 0. The van der Waals surface area contributed by atoms with Crippen molar-refractivity contribution >= 4 is 14.5 Å². The first-order valence-electron chi connectivity index (χ1n) is 5.78. The van der Waals surface area contributed by atoms with Crippen molar-refractivity contribution in [1.29, 1.82) is 0 Å². The summed E-state index contributed by atoms with van der Waals surface area (Å²) in [6.07, 6.45) is 1.47. The zero-order chi connectivity index (χ0) is 13.1. The van der Waals surface area contributed by atoms with Crippen molar-refractivity contribution in [1.82, 2.24) is 0 Å². The van der Waals surface area contributed by atoms with Crippen LogP contribution in [0.1, 0.15) is 26.3 Å². The summed E-state index contributed by atoms with van der Waals surface area (Å²) in [6.45, 7) is 10.4. The third-order valence-electron chi connectivity index (χ3n) is 3.18. The molecule has 0 aromatic heterocycles. The molecule has 0 saturated carbocycles. The highest BCUT2D eigenvalue weighted by Crippen LogP contribution is 2.36. The van der Waals surface area contributed by atoms with Gasteiger partial charge in [-0.25, -0.2) is 0 Å². The number of hydrogen-bond donors (Lipinski definition) is 0. The zero-order valence-corrected chi connectivity index (χ0v) is 12.2. The van der Waals surface area contributed by atoms with E-state index in [-0.39, 0.29) is 5.04 Å². The van der Waals surface area contributed by atoms with Crippen LogP contribution in [0.4, 0.5) is 0 Å². The van der Waals surface area contributed by atoms with Crippen molar-refractivity contribution in [3.05, 3.63) is 41.1 Å². The van der Waals surface area contributed by atoms with E-state index in [2.05, 4.69) is 33.9 Å². The van der Waals surface area contributed by atoms with E-state index >= 15 is 0 Å². The molecule has 0 fully saturated rings. The standard InChI is InChI=1S/C13H21NO2Si/c1-13(2,3)17(4,5)16-14(15)11-12-9-7-6-8-10-12/h6-11H,1-5H3. The van der Waals surface area contributed by atoms with Gasteiger partial charge in [-0.15, -0.1) is 0 Å². The lowest BCUT2D eigenvalue weighted by atomic mass is 10.2. The summed E-state index contributed by atoms with van der Waals surface area (Å²) in [5.41, 5.74) is 0.848. The van der Waals surface area contributed by atoms with Crippen LogP contribution in [0.15, 0.2) is 30.3 Å². The van der Waals surface area contributed by atoms with Crippen LogP contribution < -0.4 is 0 Å². The average Bonchev–Trinajstić information content (AvgIpc) is 2.16. The summed E-state index contributed by atoms with van der Waals surface area (Å²) in [5, 5.41) is 11.8. The molecule has 17 heavy (non-hydrogen) atoms. The molecule has 0 heterocycles. The fourth-order valence-corrected chi connectivity index (χ4v) is 1.83. The van der Waals surface area contributed by atoms with E-state index in [0.717, 1.165) is 5.56 Å². The normalized spacial score (nSPS) is 13.6. The molecule has 0 N–H and O–H groups in total. The van der Waals surface area contributed by atoms with Crippen molar-refractivity contribution in [2.24, 2.45) is 0 Å². The molecule has 1 rings (SSSR count). The molecule has 0 saturated heterocycles. The number of hydrogen-bond acceptors (Lipinski definition) is 2. The van der Waals surface area contributed by atoms with Gasteiger partial charge in [0, 0.05) is 10.5 Å². The van der Waals surface area contributed by atoms with Gasteiger partial charge < -0.3 is 4.53 Å². The molecule has 4 heteroatoms. The Balaban J connectivity index is 2.80. The Kier molecular flexibility index (Phi) is 3.98. The number of benzene rings is 1. The number of nitrogens with zero attached hydrogens (tertiary/aromatic N) is 1. The quantitative estimate of drug-likeness (QED) is 0.356. The first kappa shape index (κ1) is 13.8. The molecule has 0 aliphatic rings. The summed E-state index contributed by atoms with van der Waals surface area (Å²) in [4.78, 5) is 0.604. The summed E-state index contributed by atoms with van der Waals surface area (Å²) in [5.74, 6) is 0. The Hall–Kier alpha value is -1.29. The molecule has 0 aliphatic carbocycles. The monoisotopic (exact) mass is 251 g/mol. The SMILES string of the molecule is CC(C)(C)[Si](C)(C)O[N+]([O-])=Cc1ccccc1. The summed E-state index contributed by atoms with van der Waals surface area (Å²) < 4.78 is 5.57. The topological polar surface area (TPSA) is 35.3 Å². The molecule has 0 aliphatic heterocycles. The molecule has 1 aromatic rings. The molecule has 0 radical (unpaired) electrons. The van der Waals surface area contributed by atoms with Crippen LogP contribution in [0, 0.1) is 5.21 Å². The van der Waals surface area contributed by atoms with Crippen molar-refractivity contribution in [3.8, 4) is 0 Å². The van der Waals surface area contributed by atoms with Crippen LogP contribution in [-0.2, 0) is 4.53 Å². The van der Waals surface area contributed by atoms with Crippen molar-refractivity contribution < 1.29 is 9.43 Å². The predicted octanol–water partition coefficient (Wildman–Crippen LogP) is 3.55. The van der Waals surface area contributed by atoms with Gasteiger partial charge in [0.2, 0.25) is 6.21 Å². The van der Waals surface area contributed by atoms with E-state index in [1.165, 1.54) is 6.21 Å². The third kappa shape index (κ3) is 3.89. The minimum Gasteiger partial charge on any atom is -0.442 e. The lowest BCUT2D eigenvalue weighted by molar-refractivity contribution is -0.701. The van der Waals surface area contributed by atoms with Crippen LogP contribution in [0.25, 0.3) is 0 Å². The maximum absolute atomic E-state index is 11.7. The van der Waals surface area contributed by atoms with Gasteiger partial charge in [-0.2, -0.15) is 0 Å². The second-order valence-electron chi connectivity index (χ2n) is 5.68. The smallest absolute Gasteiger partial charge is 0.239 e. The molecule has 0 bridgehead atoms. The Morgan fingerprint density at radius 3 is 2.18 bits per heavy atom. The van der Waals surface area contributed by atoms with Gasteiger partial charge in [-0.3, -0.25) is 5.21 Å². The van der Waals surface area contributed by atoms with Gasteiger partial charge in [0.1, 0.15) is 0 Å². The van der Waals surface area contributed by atoms with Gasteiger partial charge in [-0.05, 0) is 17.2 Å². The largest absolute Gasteiger partial charge is 0.442 e. The van der Waals surface area contributed by atoms with Crippen LogP contribution in [-0.4, -0.2) is 19.4 Å². The van der Waals surface area contributed by atoms with Crippen LogP contribution in [0.5, 0.6) is 0 Å². The highest BCUT2D eigenvalue weighted by Gasteiger charge is 2.36. The van der Waals surface area contributed by atoms with E-state index in [1.807, 2.05) is 30.3 Å². The van der Waals surface area contributed by atoms with E-state index in [4.69, 9.17) is 4.53 Å². The molecule has 94 valence electrons. The van der Waals surface area contributed by atoms with Crippen LogP contribution >= 0.6 is 0 Å².